The number of aromatic nitrogens is 2. The van der Waals surface area contributed by atoms with Gasteiger partial charge in [-0.2, -0.15) is 0 Å². The van der Waals surface area contributed by atoms with Crippen LogP contribution < -0.4 is 0 Å². The van der Waals surface area contributed by atoms with E-state index in [4.69, 9.17) is 4.42 Å². The Bertz CT molecular complexity index is 791. The van der Waals surface area contributed by atoms with Crippen molar-refractivity contribution >= 4 is 0 Å². The van der Waals surface area contributed by atoms with E-state index in [1.807, 2.05) is 6.07 Å². The second kappa shape index (κ2) is 8.28. The van der Waals surface area contributed by atoms with Gasteiger partial charge in [-0.15, -0.1) is 10.2 Å². The molecule has 0 aliphatic heterocycles. The first-order valence-corrected chi connectivity index (χ1v) is 9.14. The summed E-state index contributed by atoms with van der Waals surface area (Å²) in [7, 11) is 0. The fraction of sp³-hybridized carbons (Fsp3) is 0.364. The number of rotatable bonds is 7. The third-order valence-corrected chi connectivity index (χ3v) is 4.28. The molecule has 0 unspecified atom stereocenters. The molecule has 1 heterocycles. The maximum atomic E-state index is 5.90. The molecule has 3 rings (SSSR count). The number of hydrogen-bond donors (Lipinski definition) is 0. The quantitative estimate of drug-likeness (QED) is 0.624. The van der Waals surface area contributed by atoms with Gasteiger partial charge in [0.25, 0.3) is 0 Å². The molecule has 3 aromatic rings. The molecule has 4 nitrogen and oxygen atoms in total. The zero-order valence-corrected chi connectivity index (χ0v) is 15.9. The Hall–Kier alpha value is -2.46. The first-order valence-electron chi connectivity index (χ1n) is 9.14. The van der Waals surface area contributed by atoms with Gasteiger partial charge in [0.2, 0.25) is 11.8 Å². The Morgan fingerprint density at radius 1 is 0.808 bits per heavy atom. The highest BCUT2D eigenvalue weighted by atomic mass is 16.4. The molecular formula is C22H27N3O. The van der Waals surface area contributed by atoms with Crippen LogP contribution in [0.15, 0.2) is 65.1 Å². The molecule has 0 aliphatic rings. The summed E-state index contributed by atoms with van der Waals surface area (Å²) in [4.78, 5) is 2.36. The van der Waals surface area contributed by atoms with Gasteiger partial charge in [0.15, 0.2) is 0 Å². The molecule has 136 valence electrons. The molecule has 0 aliphatic carbocycles. The van der Waals surface area contributed by atoms with Crippen LogP contribution in [0.2, 0.25) is 0 Å². The largest absolute Gasteiger partial charge is 0.423 e. The second-order valence-corrected chi connectivity index (χ2v) is 7.68. The van der Waals surface area contributed by atoms with Crippen LogP contribution in [0.4, 0.5) is 0 Å². The first-order chi connectivity index (χ1) is 12.5. The summed E-state index contributed by atoms with van der Waals surface area (Å²) in [5.74, 6) is 1.37. The van der Waals surface area contributed by atoms with E-state index in [0.717, 1.165) is 19.5 Å². The van der Waals surface area contributed by atoms with Crippen molar-refractivity contribution in [2.75, 3.05) is 6.54 Å². The Labute approximate surface area is 155 Å². The van der Waals surface area contributed by atoms with Gasteiger partial charge in [0.1, 0.15) is 0 Å². The number of hydrogen-bond acceptors (Lipinski definition) is 4. The van der Waals surface area contributed by atoms with Crippen LogP contribution in [0.1, 0.15) is 43.7 Å². The molecule has 0 N–H and O–H groups in total. The van der Waals surface area contributed by atoms with Crippen molar-refractivity contribution in [3.05, 3.63) is 83.6 Å². The topological polar surface area (TPSA) is 42.2 Å². The minimum Gasteiger partial charge on any atom is -0.423 e. The first kappa shape index (κ1) is 18.3. The van der Waals surface area contributed by atoms with Crippen LogP contribution in [-0.2, 0) is 24.9 Å². The lowest BCUT2D eigenvalue weighted by molar-refractivity contribution is 0.227. The van der Waals surface area contributed by atoms with E-state index in [0.29, 0.717) is 18.3 Å². The molecule has 0 atom stereocenters. The summed E-state index contributed by atoms with van der Waals surface area (Å²) in [6.45, 7) is 8.71. The van der Waals surface area contributed by atoms with Crippen LogP contribution in [0.25, 0.3) is 0 Å². The molecule has 26 heavy (non-hydrogen) atoms. The van der Waals surface area contributed by atoms with Crippen molar-refractivity contribution in [2.24, 2.45) is 0 Å². The molecule has 0 fully saturated rings. The monoisotopic (exact) mass is 349 g/mol. The van der Waals surface area contributed by atoms with Gasteiger partial charge >= 0.3 is 0 Å². The molecular weight excluding hydrogens is 322 g/mol. The minimum atomic E-state index is -0.125. The highest BCUT2D eigenvalue weighted by molar-refractivity contribution is 5.16. The lowest BCUT2D eigenvalue weighted by atomic mass is 9.97. The standard InChI is InChI=1S/C22H27N3O/c1-22(2,3)21-24-23-20(26-21)17-25(16-19-12-8-5-9-13-19)15-14-18-10-6-4-7-11-18/h4-13H,14-17H2,1-3H3. The fourth-order valence-corrected chi connectivity index (χ4v) is 2.80. The Morgan fingerprint density at radius 3 is 2.00 bits per heavy atom. The van der Waals surface area contributed by atoms with Gasteiger partial charge < -0.3 is 4.42 Å². The maximum Gasteiger partial charge on any atom is 0.230 e. The third-order valence-electron chi connectivity index (χ3n) is 4.28. The van der Waals surface area contributed by atoms with E-state index < -0.39 is 0 Å². The fourth-order valence-electron chi connectivity index (χ4n) is 2.80. The van der Waals surface area contributed by atoms with Gasteiger partial charge in [0.05, 0.1) is 6.54 Å². The average molecular weight is 349 g/mol. The summed E-state index contributed by atoms with van der Waals surface area (Å²) in [5.41, 5.74) is 2.50. The van der Waals surface area contributed by atoms with E-state index in [9.17, 15) is 0 Å². The summed E-state index contributed by atoms with van der Waals surface area (Å²) in [5, 5.41) is 8.48. The van der Waals surface area contributed by atoms with Crippen LogP contribution in [0.5, 0.6) is 0 Å². The zero-order chi connectivity index (χ0) is 18.4. The summed E-state index contributed by atoms with van der Waals surface area (Å²) < 4.78 is 5.90. The van der Waals surface area contributed by atoms with E-state index >= 15 is 0 Å². The highest BCUT2D eigenvalue weighted by Gasteiger charge is 2.22. The van der Waals surface area contributed by atoms with Gasteiger partial charge in [-0.25, -0.2) is 0 Å². The third kappa shape index (κ3) is 5.27. The average Bonchev–Trinajstić information content (AvgIpc) is 3.10. The van der Waals surface area contributed by atoms with Crippen molar-refractivity contribution in [3.63, 3.8) is 0 Å². The lowest BCUT2D eigenvalue weighted by Gasteiger charge is -2.21. The lowest BCUT2D eigenvalue weighted by Crippen LogP contribution is -2.25. The van der Waals surface area contributed by atoms with Crippen molar-refractivity contribution in [1.82, 2.24) is 15.1 Å². The van der Waals surface area contributed by atoms with Crippen LogP contribution >= 0.6 is 0 Å². The molecule has 0 spiro atoms. The summed E-state index contributed by atoms with van der Waals surface area (Å²) in [6, 6.07) is 21.1. The molecule has 2 aromatic carbocycles. The van der Waals surface area contributed by atoms with Crippen molar-refractivity contribution in [2.45, 2.75) is 45.7 Å². The summed E-state index contributed by atoms with van der Waals surface area (Å²) in [6.07, 6.45) is 0.994. The molecule has 0 saturated heterocycles. The Morgan fingerprint density at radius 2 is 1.42 bits per heavy atom. The van der Waals surface area contributed by atoms with E-state index in [1.165, 1.54) is 11.1 Å². The van der Waals surface area contributed by atoms with Crippen LogP contribution in [0.3, 0.4) is 0 Å². The van der Waals surface area contributed by atoms with Crippen molar-refractivity contribution in [1.29, 1.82) is 0 Å². The van der Waals surface area contributed by atoms with Gasteiger partial charge in [-0.1, -0.05) is 81.4 Å². The maximum absolute atomic E-state index is 5.90. The summed E-state index contributed by atoms with van der Waals surface area (Å²) >= 11 is 0. The van der Waals surface area contributed by atoms with Crippen molar-refractivity contribution < 1.29 is 4.42 Å². The Kier molecular flexibility index (Phi) is 5.84. The van der Waals surface area contributed by atoms with E-state index in [2.05, 4.69) is 90.5 Å². The number of benzene rings is 2. The molecule has 0 bridgehead atoms. The van der Waals surface area contributed by atoms with Gasteiger partial charge in [-0.3, -0.25) is 4.90 Å². The molecule has 0 radical (unpaired) electrons. The van der Waals surface area contributed by atoms with Gasteiger partial charge in [-0.05, 0) is 17.5 Å². The van der Waals surface area contributed by atoms with E-state index in [-0.39, 0.29) is 5.41 Å². The predicted octanol–water partition coefficient (Wildman–Crippen LogP) is 4.61. The number of nitrogens with zero attached hydrogens (tertiary/aromatic N) is 3. The highest BCUT2D eigenvalue weighted by Crippen LogP contribution is 2.21. The predicted molar refractivity (Wildman–Crippen MR) is 104 cm³/mol. The molecule has 0 amide bonds. The smallest absolute Gasteiger partial charge is 0.230 e. The van der Waals surface area contributed by atoms with Crippen LogP contribution in [0, 0.1) is 0 Å². The van der Waals surface area contributed by atoms with E-state index in [1.54, 1.807) is 0 Å². The Balaban J connectivity index is 1.70. The van der Waals surface area contributed by atoms with Crippen molar-refractivity contribution in [3.8, 4) is 0 Å². The SMILES string of the molecule is CC(C)(C)c1nnc(CN(CCc2ccccc2)Cc2ccccc2)o1. The second-order valence-electron chi connectivity index (χ2n) is 7.68. The van der Waals surface area contributed by atoms with Crippen LogP contribution in [-0.4, -0.2) is 21.6 Å². The minimum absolute atomic E-state index is 0.125. The van der Waals surface area contributed by atoms with Gasteiger partial charge in [0, 0.05) is 18.5 Å². The molecule has 0 saturated carbocycles. The zero-order valence-electron chi connectivity index (χ0n) is 15.9. The molecule has 1 aromatic heterocycles. The molecule has 4 heteroatoms. The normalized spacial score (nSPS) is 11.8.